The van der Waals surface area contributed by atoms with Crippen molar-refractivity contribution in [1.82, 2.24) is 0 Å². The fourth-order valence-electron chi connectivity index (χ4n) is 1.35. The maximum absolute atomic E-state index is 9.18. The first kappa shape index (κ1) is 9.49. The number of hydrogen-bond donors (Lipinski definition) is 2. The van der Waals surface area contributed by atoms with Crippen LogP contribution in [0.25, 0.3) is 0 Å². The molecule has 1 rings (SSSR count). The average Bonchev–Trinajstić information content (AvgIpc) is 2.06. The maximum atomic E-state index is 9.18. The van der Waals surface area contributed by atoms with Crippen LogP contribution in [0.4, 0.5) is 0 Å². The zero-order valence-electron chi connectivity index (χ0n) is 7.48. The minimum absolute atomic E-state index is 0.0915. The van der Waals surface area contributed by atoms with Crippen LogP contribution >= 0.6 is 0 Å². The molecule has 3 unspecified atom stereocenters. The Morgan fingerprint density at radius 3 is 2.83 bits per heavy atom. The van der Waals surface area contributed by atoms with Crippen LogP contribution in [0, 0.1) is 5.92 Å². The SMILES string of the molecule is CC(O)C(N)CC1C=CC=CC1. The van der Waals surface area contributed by atoms with E-state index in [0.717, 1.165) is 12.8 Å². The summed E-state index contributed by atoms with van der Waals surface area (Å²) in [7, 11) is 0. The van der Waals surface area contributed by atoms with Gasteiger partial charge in [-0.25, -0.2) is 0 Å². The van der Waals surface area contributed by atoms with Gasteiger partial charge < -0.3 is 10.8 Å². The Hall–Kier alpha value is -0.600. The summed E-state index contributed by atoms with van der Waals surface area (Å²) in [6, 6.07) is -0.0915. The Labute approximate surface area is 73.8 Å². The van der Waals surface area contributed by atoms with Crippen LogP contribution in [0.1, 0.15) is 19.8 Å². The van der Waals surface area contributed by atoms with Gasteiger partial charge in [0.15, 0.2) is 0 Å². The van der Waals surface area contributed by atoms with Gasteiger partial charge in [0.25, 0.3) is 0 Å². The summed E-state index contributed by atoms with van der Waals surface area (Å²) >= 11 is 0. The molecule has 0 aliphatic heterocycles. The number of allylic oxidation sites excluding steroid dienone is 4. The third kappa shape index (κ3) is 2.80. The Morgan fingerprint density at radius 1 is 1.58 bits per heavy atom. The smallest absolute Gasteiger partial charge is 0.0663 e. The van der Waals surface area contributed by atoms with Gasteiger partial charge in [0.1, 0.15) is 0 Å². The summed E-state index contributed by atoms with van der Waals surface area (Å²) in [4.78, 5) is 0. The lowest BCUT2D eigenvalue weighted by Crippen LogP contribution is -2.34. The van der Waals surface area contributed by atoms with Crippen LogP contribution < -0.4 is 5.73 Å². The summed E-state index contributed by atoms with van der Waals surface area (Å²) in [6.45, 7) is 1.74. The van der Waals surface area contributed by atoms with Crippen LogP contribution in [-0.2, 0) is 0 Å². The van der Waals surface area contributed by atoms with Crippen molar-refractivity contribution in [2.24, 2.45) is 11.7 Å². The third-order valence-corrected chi connectivity index (χ3v) is 2.26. The van der Waals surface area contributed by atoms with Gasteiger partial charge in [-0.1, -0.05) is 24.3 Å². The molecule has 0 aromatic heterocycles. The lowest BCUT2D eigenvalue weighted by molar-refractivity contribution is 0.153. The molecule has 0 heterocycles. The highest BCUT2D eigenvalue weighted by Gasteiger charge is 2.14. The van der Waals surface area contributed by atoms with Gasteiger partial charge in [0, 0.05) is 6.04 Å². The van der Waals surface area contributed by atoms with Gasteiger partial charge in [-0.05, 0) is 25.7 Å². The average molecular weight is 167 g/mol. The van der Waals surface area contributed by atoms with Gasteiger partial charge in [-0.2, -0.15) is 0 Å². The minimum Gasteiger partial charge on any atom is -0.392 e. The van der Waals surface area contributed by atoms with Gasteiger partial charge >= 0.3 is 0 Å². The molecule has 2 nitrogen and oxygen atoms in total. The summed E-state index contributed by atoms with van der Waals surface area (Å²) in [5, 5.41) is 9.18. The fourth-order valence-corrected chi connectivity index (χ4v) is 1.35. The summed E-state index contributed by atoms with van der Waals surface area (Å²) in [5.74, 6) is 0.514. The Bertz CT molecular complexity index is 184. The van der Waals surface area contributed by atoms with E-state index in [-0.39, 0.29) is 6.04 Å². The van der Waals surface area contributed by atoms with E-state index in [4.69, 9.17) is 5.73 Å². The molecule has 0 spiro atoms. The van der Waals surface area contributed by atoms with Crippen molar-refractivity contribution in [3.8, 4) is 0 Å². The molecule has 2 heteroatoms. The normalized spacial score (nSPS) is 27.1. The quantitative estimate of drug-likeness (QED) is 0.664. The molecular formula is C10H17NO. The molecule has 0 radical (unpaired) electrons. The molecule has 0 amide bonds. The maximum Gasteiger partial charge on any atom is 0.0663 e. The van der Waals surface area contributed by atoms with Crippen LogP contribution in [0.2, 0.25) is 0 Å². The Balaban J connectivity index is 2.31. The number of rotatable bonds is 3. The molecule has 0 fully saturated rings. The van der Waals surface area contributed by atoms with E-state index in [1.54, 1.807) is 6.92 Å². The molecule has 0 aromatic rings. The standard InChI is InChI=1S/C10H17NO/c1-8(12)10(11)7-9-5-3-2-4-6-9/h2-5,8-10,12H,6-7,11H2,1H3. The van der Waals surface area contributed by atoms with Crippen LogP contribution in [0.5, 0.6) is 0 Å². The van der Waals surface area contributed by atoms with Crippen molar-refractivity contribution >= 4 is 0 Å². The van der Waals surface area contributed by atoms with Gasteiger partial charge in [0.05, 0.1) is 6.10 Å². The molecule has 0 aromatic carbocycles. The lowest BCUT2D eigenvalue weighted by atomic mass is 9.92. The molecule has 1 aliphatic rings. The Kier molecular flexibility index (Phi) is 3.50. The topological polar surface area (TPSA) is 46.2 Å². The largest absolute Gasteiger partial charge is 0.392 e. The Morgan fingerprint density at radius 2 is 2.33 bits per heavy atom. The van der Waals surface area contributed by atoms with Gasteiger partial charge in [-0.15, -0.1) is 0 Å². The highest BCUT2D eigenvalue weighted by Crippen LogP contribution is 2.17. The predicted molar refractivity (Wildman–Crippen MR) is 50.7 cm³/mol. The first-order valence-corrected chi connectivity index (χ1v) is 4.47. The summed E-state index contributed by atoms with van der Waals surface area (Å²) in [6.07, 6.45) is 9.91. The first-order valence-electron chi connectivity index (χ1n) is 4.47. The second kappa shape index (κ2) is 4.43. The number of aliphatic hydroxyl groups is 1. The van der Waals surface area contributed by atoms with E-state index in [9.17, 15) is 5.11 Å². The summed E-state index contributed by atoms with van der Waals surface area (Å²) in [5.41, 5.74) is 5.74. The van der Waals surface area contributed by atoms with Gasteiger partial charge in [-0.3, -0.25) is 0 Å². The van der Waals surface area contributed by atoms with Crippen molar-refractivity contribution in [3.05, 3.63) is 24.3 Å². The number of hydrogen-bond acceptors (Lipinski definition) is 2. The third-order valence-electron chi connectivity index (χ3n) is 2.26. The number of aliphatic hydroxyl groups excluding tert-OH is 1. The number of nitrogens with two attached hydrogens (primary N) is 1. The lowest BCUT2D eigenvalue weighted by Gasteiger charge is -2.20. The van der Waals surface area contributed by atoms with E-state index >= 15 is 0 Å². The van der Waals surface area contributed by atoms with E-state index < -0.39 is 6.10 Å². The molecule has 3 atom stereocenters. The fraction of sp³-hybridized carbons (Fsp3) is 0.600. The monoisotopic (exact) mass is 167 g/mol. The van der Waals surface area contributed by atoms with Crippen molar-refractivity contribution < 1.29 is 5.11 Å². The second-order valence-electron chi connectivity index (χ2n) is 3.45. The molecule has 12 heavy (non-hydrogen) atoms. The molecule has 3 N–H and O–H groups in total. The summed E-state index contributed by atoms with van der Waals surface area (Å²) < 4.78 is 0. The van der Waals surface area contributed by atoms with Crippen LogP contribution in [0.15, 0.2) is 24.3 Å². The van der Waals surface area contributed by atoms with E-state index in [1.807, 2.05) is 12.2 Å². The van der Waals surface area contributed by atoms with Crippen molar-refractivity contribution in [2.75, 3.05) is 0 Å². The van der Waals surface area contributed by atoms with Crippen molar-refractivity contribution in [2.45, 2.75) is 31.9 Å². The van der Waals surface area contributed by atoms with E-state index in [1.165, 1.54) is 0 Å². The molecular weight excluding hydrogens is 150 g/mol. The first-order chi connectivity index (χ1) is 5.70. The van der Waals surface area contributed by atoms with E-state index in [2.05, 4.69) is 12.2 Å². The second-order valence-corrected chi connectivity index (χ2v) is 3.45. The highest BCUT2D eigenvalue weighted by atomic mass is 16.3. The molecule has 0 saturated heterocycles. The molecule has 0 bridgehead atoms. The molecule has 0 saturated carbocycles. The van der Waals surface area contributed by atoms with Gasteiger partial charge in [0.2, 0.25) is 0 Å². The van der Waals surface area contributed by atoms with Crippen molar-refractivity contribution in [3.63, 3.8) is 0 Å². The van der Waals surface area contributed by atoms with Crippen LogP contribution in [-0.4, -0.2) is 17.3 Å². The molecule has 68 valence electrons. The zero-order chi connectivity index (χ0) is 8.97. The highest BCUT2D eigenvalue weighted by molar-refractivity contribution is 5.11. The van der Waals surface area contributed by atoms with E-state index in [0.29, 0.717) is 5.92 Å². The zero-order valence-corrected chi connectivity index (χ0v) is 7.48. The van der Waals surface area contributed by atoms with Crippen molar-refractivity contribution in [1.29, 1.82) is 0 Å². The minimum atomic E-state index is -0.399. The molecule has 1 aliphatic carbocycles. The predicted octanol–water partition coefficient (Wildman–Crippen LogP) is 1.22. The van der Waals surface area contributed by atoms with Crippen LogP contribution in [0.3, 0.4) is 0 Å².